The van der Waals surface area contributed by atoms with E-state index in [4.69, 9.17) is 14.6 Å². The Morgan fingerprint density at radius 1 is 1.28 bits per heavy atom. The van der Waals surface area contributed by atoms with Crippen molar-refractivity contribution < 1.29 is 24.2 Å². The summed E-state index contributed by atoms with van der Waals surface area (Å²) in [5.74, 6) is 0.904. The number of methoxy groups -OCH3 is 2. The van der Waals surface area contributed by atoms with Gasteiger partial charge in [-0.1, -0.05) is 13.8 Å². The Hall–Kier alpha value is -2.24. The third kappa shape index (κ3) is 4.87. The maximum Gasteiger partial charge on any atom is 0.305 e. The molecule has 1 saturated carbocycles. The number of nitrogens with zero attached hydrogens (tertiary/aromatic N) is 1. The minimum Gasteiger partial charge on any atom is -0.497 e. The van der Waals surface area contributed by atoms with Crippen LogP contribution in [-0.2, 0) is 9.59 Å². The summed E-state index contributed by atoms with van der Waals surface area (Å²) in [7, 11) is 3.22. The number of benzene rings is 1. The molecule has 0 aliphatic heterocycles. The van der Waals surface area contributed by atoms with Gasteiger partial charge < -0.3 is 19.5 Å². The molecule has 0 heterocycles. The van der Waals surface area contributed by atoms with Crippen molar-refractivity contribution in [2.24, 2.45) is 11.8 Å². The van der Waals surface area contributed by atoms with Gasteiger partial charge in [-0.3, -0.25) is 9.59 Å². The molecule has 1 fully saturated rings. The van der Waals surface area contributed by atoms with Crippen LogP contribution in [0.3, 0.4) is 0 Å². The first-order valence-corrected chi connectivity index (χ1v) is 8.59. The quantitative estimate of drug-likeness (QED) is 0.742. The van der Waals surface area contributed by atoms with Crippen LogP contribution in [-0.4, -0.2) is 49.2 Å². The van der Waals surface area contributed by atoms with E-state index in [0.717, 1.165) is 23.5 Å². The average molecular weight is 349 g/mol. The predicted molar refractivity (Wildman–Crippen MR) is 94.1 cm³/mol. The van der Waals surface area contributed by atoms with Crippen molar-refractivity contribution in [1.82, 2.24) is 4.90 Å². The van der Waals surface area contributed by atoms with E-state index in [1.807, 2.05) is 32.0 Å². The zero-order valence-corrected chi connectivity index (χ0v) is 15.3. The number of hydrogen-bond donors (Lipinski definition) is 1. The Bertz CT molecular complexity index is 628. The van der Waals surface area contributed by atoms with Gasteiger partial charge in [-0.2, -0.15) is 0 Å². The van der Waals surface area contributed by atoms with Crippen molar-refractivity contribution in [3.05, 3.63) is 23.8 Å². The van der Waals surface area contributed by atoms with Gasteiger partial charge >= 0.3 is 5.97 Å². The largest absolute Gasteiger partial charge is 0.497 e. The highest BCUT2D eigenvalue weighted by Gasteiger charge is 2.47. The van der Waals surface area contributed by atoms with E-state index >= 15 is 0 Å². The molecule has 0 aromatic heterocycles. The summed E-state index contributed by atoms with van der Waals surface area (Å²) in [6.45, 7) is 4.88. The number of carboxylic acids is 1. The third-order valence-corrected chi connectivity index (χ3v) is 4.44. The van der Waals surface area contributed by atoms with Crippen molar-refractivity contribution in [1.29, 1.82) is 0 Å². The zero-order valence-electron chi connectivity index (χ0n) is 15.3. The van der Waals surface area contributed by atoms with E-state index in [1.165, 1.54) is 0 Å². The SMILES string of the molecule is COc1ccc(OC)c(C2CC2C(=O)N(CCC(=O)O)CC(C)C)c1. The summed E-state index contributed by atoms with van der Waals surface area (Å²) in [5, 5.41) is 8.92. The lowest BCUT2D eigenvalue weighted by Crippen LogP contribution is -2.37. The summed E-state index contributed by atoms with van der Waals surface area (Å²) < 4.78 is 10.7. The fourth-order valence-electron chi connectivity index (χ4n) is 3.14. The molecule has 1 aromatic carbocycles. The topological polar surface area (TPSA) is 76.1 Å². The number of carboxylic acid groups (broad SMARTS) is 1. The lowest BCUT2D eigenvalue weighted by molar-refractivity contribution is -0.139. The van der Waals surface area contributed by atoms with Crippen molar-refractivity contribution in [3.63, 3.8) is 0 Å². The van der Waals surface area contributed by atoms with Crippen LogP contribution >= 0.6 is 0 Å². The maximum atomic E-state index is 12.9. The first-order chi connectivity index (χ1) is 11.9. The summed E-state index contributed by atoms with van der Waals surface area (Å²) in [5.41, 5.74) is 0.975. The van der Waals surface area contributed by atoms with Crippen LogP contribution in [0.1, 0.15) is 38.2 Å². The van der Waals surface area contributed by atoms with Gasteiger partial charge in [-0.25, -0.2) is 0 Å². The number of aliphatic carboxylic acids is 1. The van der Waals surface area contributed by atoms with Gasteiger partial charge in [0.15, 0.2) is 0 Å². The molecule has 0 radical (unpaired) electrons. The first kappa shape index (κ1) is 19.1. The van der Waals surface area contributed by atoms with E-state index < -0.39 is 5.97 Å². The zero-order chi connectivity index (χ0) is 18.6. The Balaban J connectivity index is 2.12. The highest BCUT2D eigenvalue weighted by Crippen LogP contribution is 2.52. The van der Waals surface area contributed by atoms with Crippen LogP contribution in [0.15, 0.2) is 18.2 Å². The van der Waals surface area contributed by atoms with Gasteiger partial charge in [0.2, 0.25) is 5.91 Å². The highest BCUT2D eigenvalue weighted by atomic mass is 16.5. The number of carbonyl (C=O) groups is 2. The second-order valence-electron chi connectivity index (χ2n) is 6.88. The number of rotatable bonds is 9. The van der Waals surface area contributed by atoms with Crippen molar-refractivity contribution >= 4 is 11.9 Å². The Kier molecular flexibility index (Phi) is 6.28. The smallest absolute Gasteiger partial charge is 0.305 e. The second kappa shape index (κ2) is 8.23. The molecule has 2 rings (SSSR count). The third-order valence-electron chi connectivity index (χ3n) is 4.44. The fraction of sp³-hybridized carbons (Fsp3) is 0.579. The molecule has 6 nitrogen and oxygen atoms in total. The van der Waals surface area contributed by atoms with Crippen LogP contribution in [0.4, 0.5) is 0 Å². The monoisotopic (exact) mass is 349 g/mol. The van der Waals surface area contributed by atoms with Crippen molar-refractivity contribution in [2.75, 3.05) is 27.3 Å². The van der Waals surface area contributed by atoms with Crippen LogP contribution in [0.5, 0.6) is 11.5 Å². The maximum absolute atomic E-state index is 12.9. The first-order valence-electron chi connectivity index (χ1n) is 8.59. The lowest BCUT2D eigenvalue weighted by Gasteiger charge is -2.24. The van der Waals surface area contributed by atoms with Crippen LogP contribution in [0.25, 0.3) is 0 Å². The Morgan fingerprint density at radius 3 is 2.56 bits per heavy atom. The molecule has 1 aliphatic rings. The summed E-state index contributed by atoms with van der Waals surface area (Å²) in [4.78, 5) is 25.4. The number of carbonyl (C=O) groups excluding carboxylic acids is 1. The normalized spacial score (nSPS) is 18.8. The highest BCUT2D eigenvalue weighted by molar-refractivity contribution is 5.83. The molecular weight excluding hydrogens is 322 g/mol. The van der Waals surface area contributed by atoms with Gasteiger partial charge in [0.25, 0.3) is 0 Å². The molecule has 2 unspecified atom stereocenters. The minimum atomic E-state index is -0.886. The molecule has 0 spiro atoms. The summed E-state index contributed by atoms with van der Waals surface area (Å²) in [6.07, 6.45) is 0.725. The number of hydrogen-bond acceptors (Lipinski definition) is 4. The predicted octanol–water partition coefficient (Wildman–Crippen LogP) is 2.77. The second-order valence-corrected chi connectivity index (χ2v) is 6.88. The van der Waals surface area contributed by atoms with Gasteiger partial charge in [0.1, 0.15) is 11.5 Å². The molecule has 6 heteroatoms. The molecular formula is C19H27NO5. The van der Waals surface area contributed by atoms with Gasteiger partial charge in [0, 0.05) is 30.5 Å². The Labute approximate surface area is 148 Å². The van der Waals surface area contributed by atoms with E-state index in [0.29, 0.717) is 12.5 Å². The lowest BCUT2D eigenvalue weighted by atomic mass is 10.1. The van der Waals surface area contributed by atoms with E-state index in [2.05, 4.69) is 0 Å². The summed E-state index contributed by atoms with van der Waals surface area (Å²) in [6, 6.07) is 5.60. The molecule has 0 saturated heterocycles. The average Bonchev–Trinajstić information content (AvgIpc) is 3.37. The van der Waals surface area contributed by atoms with Crippen LogP contribution in [0, 0.1) is 11.8 Å². The number of amides is 1. The molecule has 1 aliphatic carbocycles. The molecule has 0 bridgehead atoms. The fourth-order valence-corrected chi connectivity index (χ4v) is 3.14. The molecule has 25 heavy (non-hydrogen) atoms. The number of ether oxygens (including phenoxy) is 2. The van der Waals surface area contributed by atoms with Gasteiger partial charge in [-0.15, -0.1) is 0 Å². The van der Waals surface area contributed by atoms with Crippen molar-refractivity contribution in [2.45, 2.75) is 32.6 Å². The molecule has 1 aromatic rings. The van der Waals surface area contributed by atoms with Crippen molar-refractivity contribution in [3.8, 4) is 11.5 Å². The standard InChI is InChI=1S/C19H27NO5/c1-12(2)11-20(8-7-18(21)22)19(23)16-10-14(16)15-9-13(24-3)5-6-17(15)25-4/h5-6,9,12,14,16H,7-8,10-11H2,1-4H3,(H,21,22). The van der Waals surface area contributed by atoms with E-state index in [1.54, 1.807) is 19.1 Å². The molecule has 2 atom stereocenters. The molecule has 1 amide bonds. The van der Waals surface area contributed by atoms with Gasteiger partial charge in [0.05, 0.1) is 20.6 Å². The summed E-state index contributed by atoms with van der Waals surface area (Å²) >= 11 is 0. The molecule has 138 valence electrons. The van der Waals surface area contributed by atoms with E-state index in [9.17, 15) is 9.59 Å². The minimum absolute atomic E-state index is 0.0294. The molecule has 1 N–H and O–H groups in total. The van der Waals surface area contributed by atoms with E-state index in [-0.39, 0.29) is 30.7 Å². The van der Waals surface area contributed by atoms with Gasteiger partial charge in [-0.05, 0) is 30.5 Å². The Morgan fingerprint density at radius 2 is 2.00 bits per heavy atom. The van der Waals surface area contributed by atoms with Crippen LogP contribution in [0.2, 0.25) is 0 Å². The van der Waals surface area contributed by atoms with Crippen LogP contribution < -0.4 is 9.47 Å².